The van der Waals surface area contributed by atoms with Crippen LogP contribution in [0.4, 0.5) is 0 Å². The molecule has 0 saturated heterocycles. The van der Waals surface area contributed by atoms with Crippen LogP contribution in [0, 0.1) is 6.92 Å². The Hall–Kier alpha value is -1.45. The molecule has 1 N–H and O–H groups in total. The molecule has 1 atom stereocenters. The Morgan fingerprint density at radius 1 is 1.26 bits per heavy atom. The van der Waals surface area contributed by atoms with E-state index in [9.17, 15) is 0 Å². The van der Waals surface area contributed by atoms with E-state index in [0.717, 1.165) is 24.3 Å². The number of para-hydroxylation sites is 1. The van der Waals surface area contributed by atoms with Crippen molar-refractivity contribution in [2.45, 2.75) is 26.4 Å². The largest absolute Gasteiger partial charge is 0.311 e. The van der Waals surface area contributed by atoms with Crippen molar-refractivity contribution in [3.8, 4) is 0 Å². The molecule has 0 fully saturated rings. The van der Waals surface area contributed by atoms with Gasteiger partial charge in [0.05, 0.1) is 5.52 Å². The molecule has 1 aromatic heterocycles. The minimum absolute atomic E-state index is 0.536. The maximum atomic E-state index is 4.57. The van der Waals surface area contributed by atoms with E-state index in [1.165, 1.54) is 10.9 Å². The van der Waals surface area contributed by atoms with Gasteiger partial charge in [-0.3, -0.25) is 4.98 Å². The van der Waals surface area contributed by atoms with Crippen molar-refractivity contribution in [2.24, 2.45) is 0 Å². The molecule has 0 spiro atoms. The summed E-state index contributed by atoms with van der Waals surface area (Å²) in [6.45, 7) is 6.16. The number of aryl methyl sites for hydroxylation is 1. The van der Waals surface area contributed by atoms with Gasteiger partial charge in [-0.1, -0.05) is 18.2 Å². The van der Waals surface area contributed by atoms with Crippen molar-refractivity contribution in [3.05, 3.63) is 41.6 Å². The Labute approximate surface area is 115 Å². The van der Waals surface area contributed by atoms with E-state index in [0.29, 0.717) is 6.04 Å². The summed E-state index contributed by atoms with van der Waals surface area (Å²) in [5.74, 6) is 0. The summed E-state index contributed by atoms with van der Waals surface area (Å²) in [5.41, 5.74) is 3.49. The maximum absolute atomic E-state index is 4.57. The first-order valence-corrected chi connectivity index (χ1v) is 6.80. The fraction of sp³-hybridized carbons (Fsp3) is 0.438. The average molecular weight is 257 g/mol. The van der Waals surface area contributed by atoms with Gasteiger partial charge in [0.25, 0.3) is 0 Å². The molecule has 0 aliphatic rings. The summed E-state index contributed by atoms with van der Waals surface area (Å²) in [5, 5.41) is 4.78. The highest BCUT2D eigenvalue weighted by Gasteiger charge is 2.06. The van der Waals surface area contributed by atoms with Crippen LogP contribution < -0.4 is 5.32 Å². The van der Waals surface area contributed by atoms with Crippen molar-refractivity contribution in [2.75, 3.05) is 20.6 Å². The molecule has 19 heavy (non-hydrogen) atoms. The monoisotopic (exact) mass is 257 g/mol. The number of fused-ring (bicyclic) bond motifs is 1. The van der Waals surface area contributed by atoms with E-state index in [2.05, 4.69) is 67.4 Å². The summed E-state index contributed by atoms with van der Waals surface area (Å²) in [4.78, 5) is 6.80. The lowest BCUT2D eigenvalue weighted by atomic mass is 10.1. The van der Waals surface area contributed by atoms with Gasteiger partial charge in [0.15, 0.2) is 0 Å². The van der Waals surface area contributed by atoms with Gasteiger partial charge in [-0.05, 0) is 45.6 Å². The lowest BCUT2D eigenvalue weighted by Gasteiger charge is -2.20. The van der Waals surface area contributed by atoms with Crippen LogP contribution in [-0.2, 0) is 6.54 Å². The normalized spacial score (nSPS) is 13.1. The predicted molar refractivity (Wildman–Crippen MR) is 81.3 cm³/mol. The molecule has 1 heterocycles. The molecule has 0 saturated carbocycles. The lowest BCUT2D eigenvalue weighted by Crippen LogP contribution is -2.35. The summed E-state index contributed by atoms with van der Waals surface area (Å²) in [6.07, 6.45) is 0. The van der Waals surface area contributed by atoms with Crippen LogP contribution in [0.25, 0.3) is 10.9 Å². The lowest BCUT2D eigenvalue weighted by molar-refractivity contribution is 0.303. The Morgan fingerprint density at radius 3 is 2.74 bits per heavy atom. The third-order valence-corrected chi connectivity index (χ3v) is 3.57. The van der Waals surface area contributed by atoms with Crippen LogP contribution in [0.1, 0.15) is 18.2 Å². The van der Waals surface area contributed by atoms with E-state index >= 15 is 0 Å². The molecule has 3 heteroatoms. The van der Waals surface area contributed by atoms with Crippen LogP contribution >= 0.6 is 0 Å². The molecule has 0 radical (unpaired) electrons. The Bertz CT molecular complexity index is 549. The highest BCUT2D eigenvalue weighted by atomic mass is 15.1. The molecule has 0 bridgehead atoms. The van der Waals surface area contributed by atoms with Crippen LogP contribution in [0.5, 0.6) is 0 Å². The van der Waals surface area contributed by atoms with Crippen molar-refractivity contribution >= 4 is 10.9 Å². The zero-order valence-corrected chi connectivity index (χ0v) is 12.3. The first-order valence-electron chi connectivity index (χ1n) is 6.80. The maximum Gasteiger partial charge on any atom is 0.0708 e. The van der Waals surface area contributed by atoms with Gasteiger partial charge in [0.1, 0.15) is 0 Å². The summed E-state index contributed by atoms with van der Waals surface area (Å²) in [6, 6.07) is 11.1. The topological polar surface area (TPSA) is 28.2 Å². The minimum Gasteiger partial charge on any atom is -0.311 e. The molecule has 1 unspecified atom stereocenters. The van der Waals surface area contributed by atoms with Crippen LogP contribution in [-0.4, -0.2) is 36.6 Å². The smallest absolute Gasteiger partial charge is 0.0708 e. The van der Waals surface area contributed by atoms with Crippen molar-refractivity contribution in [1.82, 2.24) is 15.2 Å². The molecule has 2 rings (SSSR count). The van der Waals surface area contributed by atoms with Gasteiger partial charge in [-0.25, -0.2) is 0 Å². The van der Waals surface area contributed by atoms with Crippen LogP contribution in [0.3, 0.4) is 0 Å². The molecule has 3 nitrogen and oxygen atoms in total. The number of pyridine rings is 1. The van der Waals surface area contributed by atoms with Gasteiger partial charge in [-0.2, -0.15) is 0 Å². The zero-order chi connectivity index (χ0) is 13.8. The molecular weight excluding hydrogens is 234 g/mol. The fourth-order valence-corrected chi connectivity index (χ4v) is 2.14. The summed E-state index contributed by atoms with van der Waals surface area (Å²) in [7, 11) is 4.22. The Kier molecular flexibility index (Phi) is 4.51. The third kappa shape index (κ3) is 3.52. The first kappa shape index (κ1) is 14.0. The van der Waals surface area contributed by atoms with E-state index < -0.39 is 0 Å². The average Bonchev–Trinajstić information content (AvgIpc) is 2.38. The van der Waals surface area contributed by atoms with Crippen LogP contribution in [0.2, 0.25) is 0 Å². The second kappa shape index (κ2) is 6.13. The predicted octanol–water partition coefficient (Wildman–Crippen LogP) is 2.58. The third-order valence-electron chi connectivity index (χ3n) is 3.57. The standard InChI is InChI=1S/C16H23N3/c1-12-9-14(11-17-10-13(2)19(3)4)15-7-5-6-8-16(15)18-12/h5-9,13,17H,10-11H2,1-4H3. The van der Waals surface area contributed by atoms with E-state index in [1.54, 1.807) is 0 Å². The zero-order valence-electron chi connectivity index (χ0n) is 12.3. The number of likely N-dealkylation sites (N-methyl/N-ethyl adjacent to an activating group) is 1. The van der Waals surface area contributed by atoms with E-state index in [1.807, 2.05) is 6.07 Å². The number of benzene rings is 1. The summed E-state index contributed by atoms with van der Waals surface area (Å²) >= 11 is 0. The van der Waals surface area contributed by atoms with Gasteiger partial charge in [-0.15, -0.1) is 0 Å². The molecule has 0 aliphatic heterocycles. The van der Waals surface area contributed by atoms with Crippen molar-refractivity contribution < 1.29 is 0 Å². The highest BCUT2D eigenvalue weighted by molar-refractivity contribution is 5.82. The quantitative estimate of drug-likeness (QED) is 0.892. The number of nitrogens with zero attached hydrogens (tertiary/aromatic N) is 2. The van der Waals surface area contributed by atoms with Crippen molar-refractivity contribution in [3.63, 3.8) is 0 Å². The number of rotatable bonds is 5. The van der Waals surface area contributed by atoms with E-state index in [-0.39, 0.29) is 0 Å². The molecule has 2 aromatic rings. The number of aromatic nitrogens is 1. The fourth-order valence-electron chi connectivity index (χ4n) is 2.14. The molecule has 0 amide bonds. The minimum atomic E-state index is 0.536. The number of nitrogens with one attached hydrogen (secondary N) is 1. The van der Waals surface area contributed by atoms with Gasteiger partial charge in [0, 0.05) is 30.2 Å². The molecule has 0 aliphatic carbocycles. The molecular formula is C16H23N3. The highest BCUT2D eigenvalue weighted by Crippen LogP contribution is 2.17. The molecule has 1 aromatic carbocycles. The first-order chi connectivity index (χ1) is 9.08. The van der Waals surface area contributed by atoms with Gasteiger partial charge < -0.3 is 10.2 Å². The summed E-state index contributed by atoms with van der Waals surface area (Å²) < 4.78 is 0. The van der Waals surface area contributed by atoms with Crippen molar-refractivity contribution in [1.29, 1.82) is 0 Å². The Balaban J connectivity index is 2.12. The number of hydrogen-bond donors (Lipinski definition) is 1. The van der Waals surface area contributed by atoms with Crippen LogP contribution in [0.15, 0.2) is 30.3 Å². The number of hydrogen-bond acceptors (Lipinski definition) is 3. The molecule has 102 valence electrons. The van der Waals surface area contributed by atoms with Gasteiger partial charge >= 0.3 is 0 Å². The van der Waals surface area contributed by atoms with Gasteiger partial charge in [0.2, 0.25) is 0 Å². The second-order valence-electron chi connectivity index (χ2n) is 5.38. The second-order valence-corrected chi connectivity index (χ2v) is 5.38. The Morgan fingerprint density at radius 2 is 2.00 bits per heavy atom. The SMILES string of the molecule is Cc1cc(CNCC(C)N(C)C)c2ccccc2n1. The van der Waals surface area contributed by atoms with E-state index in [4.69, 9.17) is 0 Å².